The van der Waals surface area contributed by atoms with Crippen LogP contribution < -0.4 is 0 Å². The topological polar surface area (TPSA) is 77.8 Å². The molecular formula is C31H39NO5. The summed E-state index contributed by atoms with van der Waals surface area (Å²) in [4.78, 5) is 24.5. The number of carboxylic acids is 1. The first-order chi connectivity index (χ1) is 17.8. The van der Waals surface area contributed by atoms with Crippen LogP contribution in [0.25, 0.3) is 10.9 Å². The number of terminal acetylenes is 1. The fourth-order valence-electron chi connectivity index (χ4n) is 3.57. The Kier molecular flexibility index (Phi) is 14.8. The van der Waals surface area contributed by atoms with Crippen molar-refractivity contribution in [2.45, 2.75) is 53.9 Å². The van der Waals surface area contributed by atoms with Gasteiger partial charge < -0.3 is 14.6 Å². The Morgan fingerprint density at radius 3 is 2.51 bits per heavy atom. The Morgan fingerprint density at radius 1 is 1.16 bits per heavy atom. The third-order valence-electron chi connectivity index (χ3n) is 5.16. The van der Waals surface area contributed by atoms with E-state index in [0.717, 1.165) is 17.5 Å². The molecule has 6 heteroatoms. The molecule has 1 aromatic carbocycles. The van der Waals surface area contributed by atoms with Crippen molar-refractivity contribution in [1.29, 1.82) is 0 Å². The molecule has 1 N–H and O–H groups in total. The molecule has 6 nitrogen and oxygen atoms in total. The van der Waals surface area contributed by atoms with Crippen molar-refractivity contribution in [3.8, 4) is 12.3 Å². The molecule has 0 saturated carbocycles. The Bertz CT molecular complexity index is 1190. The molecule has 0 fully saturated rings. The maximum Gasteiger partial charge on any atom is 0.307 e. The minimum Gasteiger partial charge on any atom is -0.495 e. The first-order valence-electron chi connectivity index (χ1n) is 12.5. The molecule has 0 aliphatic heterocycles. The molecule has 0 radical (unpaired) electrons. The molecule has 0 spiro atoms. The lowest BCUT2D eigenvalue weighted by molar-refractivity contribution is -0.136. The van der Waals surface area contributed by atoms with Gasteiger partial charge in [0, 0.05) is 22.7 Å². The van der Waals surface area contributed by atoms with Gasteiger partial charge in [-0.05, 0) is 51.3 Å². The molecule has 0 bridgehead atoms. The van der Waals surface area contributed by atoms with Crippen molar-refractivity contribution in [3.63, 3.8) is 0 Å². The summed E-state index contributed by atoms with van der Waals surface area (Å²) in [5, 5.41) is 9.95. The Balaban J connectivity index is 0.00000124. The van der Waals surface area contributed by atoms with Crippen LogP contribution in [0, 0.1) is 19.3 Å². The minimum absolute atomic E-state index is 0.0916. The molecule has 1 aromatic heterocycles. The molecular weight excluding hydrogens is 466 g/mol. The number of fused-ring (bicyclic) bond motifs is 1. The van der Waals surface area contributed by atoms with Crippen molar-refractivity contribution in [2.24, 2.45) is 0 Å². The smallest absolute Gasteiger partial charge is 0.307 e. The van der Waals surface area contributed by atoms with Gasteiger partial charge in [0.25, 0.3) is 5.91 Å². The van der Waals surface area contributed by atoms with Crippen LogP contribution in [-0.4, -0.2) is 41.4 Å². The molecule has 0 amide bonds. The van der Waals surface area contributed by atoms with Crippen LogP contribution >= 0.6 is 0 Å². The van der Waals surface area contributed by atoms with E-state index in [0.29, 0.717) is 48.7 Å². The number of aromatic nitrogens is 1. The zero-order chi connectivity index (χ0) is 27.6. The highest BCUT2D eigenvalue weighted by atomic mass is 16.5. The maximum atomic E-state index is 13.3. The average molecular weight is 506 g/mol. The van der Waals surface area contributed by atoms with E-state index in [2.05, 4.69) is 25.0 Å². The van der Waals surface area contributed by atoms with E-state index >= 15 is 0 Å². The Hall–Kier alpha value is -3.82. The summed E-state index contributed by atoms with van der Waals surface area (Å²) >= 11 is 0. The Labute approximate surface area is 221 Å². The van der Waals surface area contributed by atoms with Crippen molar-refractivity contribution in [2.75, 3.05) is 19.8 Å². The van der Waals surface area contributed by atoms with Gasteiger partial charge in [-0.25, -0.2) is 0 Å². The van der Waals surface area contributed by atoms with Gasteiger partial charge in [0.15, 0.2) is 0 Å². The number of ether oxygens (including phenoxy) is 2. The molecule has 0 aliphatic rings. The summed E-state index contributed by atoms with van der Waals surface area (Å²) in [7, 11) is 0. The van der Waals surface area contributed by atoms with Gasteiger partial charge in [0.1, 0.15) is 12.4 Å². The highest BCUT2D eigenvalue weighted by Crippen LogP contribution is 2.25. The molecule has 2 aromatic rings. The van der Waals surface area contributed by atoms with Gasteiger partial charge in [0.05, 0.1) is 25.2 Å². The van der Waals surface area contributed by atoms with Crippen LogP contribution in [-0.2, 0) is 20.7 Å². The van der Waals surface area contributed by atoms with Gasteiger partial charge in [-0.1, -0.05) is 62.3 Å². The lowest BCUT2D eigenvalue weighted by Gasteiger charge is -2.09. The number of aryl methyl sites for hydroxylation is 1. The third-order valence-corrected chi connectivity index (χ3v) is 5.16. The molecule has 0 unspecified atom stereocenters. The first kappa shape index (κ1) is 31.2. The highest BCUT2D eigenvalue weighted by Gasteiger charge is 2.17. The summed E-state index contributed by atoms with van der Waals surface area (Å²) < 4.78 is 12.5. The third kappa shape index (κ3) is 10.8. The normalized spacial score (nSPS) is 12.0. The van der Waals surface area contributed by atoms with Gasteiger partial charge in [-0.3, -0.25) is 14.2 Å². The van der Waals surface area contributed by atoms with Gasteiger partial charge in [0.2, 0.25) is 0 Å². The number of allylic oxidation sites excluding steroid dienone is 7. The number of rotatable bonds is 12. The van der Waals surface area contributed by atoms with Crippen molar-refractivity contribution >= 4 is 22.8 Å². The molecule has 2 rings (SSSR count). The van der Waals surface area contributed by atoms with Crippen LogP contribution in [0.15, 0.2) is 72.1 Å². The van der Waals surface area contributed by atoms with Crippen molar-refractivity contribution < 1.29 is 24.2 Å². The van der Waals surface area contributed by atoms with E-state index in [9.17, 15) is 14.7 Å². The number of carbonyl (C=O) groups excluding carboxylic acids is 1. The second-order valence-corrected chi connectivity index (χ2v) is 8.14. The molecule has 37 heavy (non-hydrogen) atoms. The van der Waals surface area contributed by atoms with Gasteiger partial charge in [-0.2, -0.15) is 0 Å². The van der Waals surface area contributed by atoms with Crippen LogP contribution in [0.5, 0.6) is 0 Å². The van der Waals surface area contributed by atoms with E-state index in [4.69, 9.17) is 15.9 Å². The van der Waals surface area contributed by atoms with Crippen LogP contribution in [0.3, 0.4) is 0 Å². The number of carbonyl (C=O) groups is 2. The summed E-state index contributed by atoms with van der Waals surface area (Å²) in [5.41, 5.74) is 2.68. The number of hydrogen-bond acceptors (Lipinski definition) is 4. The van der Waals surface area contributed by atoms with Crippen molar-refractivity contribution in [3.05, 3.63) is 83.3 Å². The van der Waals surface area contributed by atoms with Gasteiger partial charge >= 0.3 is 5.97 Å². The van der Waals surface area contributed by atoms with E-state index in [1.165, 1.54) is 0 Å². The second kappa shape index (κ2) is 17.6. The standard InChI is InChI=1S/C26H29NO5.C5H10/c1-5-9-20(4)32-16-15-31-14-8-12-21(10-6-2)26(30)27-19(3)17-23-22(18-25(28)29)11-7-13-24(23)27;1-3-5-4-2/h1,7-13,17H,6,14-16,18H2,2-4H3,(H,28,29);3,5H,4H2,1-2H3/b12-8-,20-9+,21-10+;5-3-. The van der Waals surface area contributed by atoms with Crippen LogP contribution in [0.1, 0.15) is 56.6 Å². The number of aliphatic carboxylic acids is 1. The number of benzene rings is 1. The predicted octanol–water partition coefficient (Wildman–Crippen LogP) is 6.65. The van der Waals surface area contributed by atoms with E-state index in [1.54, 1.807) is 41.9 Å². The summed E-state index contributed by atoms with van der Waals surface area (Å²) in [6.45, 7) is 10.9. The van der Waals surface area contributed by atoms with Gasteiger partial charge in [-0.15, -0.1) is 6.42 Å². The molecule has 0 atom stereocenters. The fourth-order valence-corrected chi connectivity index (χ4v) is 3.57. The number of hydrogen-bond donors (Lipinski definition) is 1. The molecule has 0 aliphatic carbocycles. The largest absolute Gasteiger partial charge is 0.495 e. The fraction of sp³-hybridized carbons (Fsp3) is 0.355. The minimum atomic E-state index is -0.906. The van der Waals surface area contributed by atoms with E-state index in [-0.39, 0.29) is 12.3 Å². The lowest BCUT2D eigenvalue weighted by Crippen LogP contribution is -2.14. The summed E-state index contributed by atoms with van der Waals surface area (Å²) in [6.07, 6.45) is 18.1. The van der Waals surface area contributed by atoms with E-state index < -0.39 is 5.97 Å². The molecule has 1 heterocycles. The Morgan fingerprint density at radius 2 is 1.92 bits per heavy atom. The number of nitrogens with zero attached hydrogens (tertiary/aromatic N) is 1. The molecule has 0 saturated heterocycles. The monoisotopic (exact) mass is 505 g/mol. The molecule has 198 valence electrons. The second-order valence-electron chi connectivity index (χ2n) is 8.14. The zero-order valence-corrected chi connectivity index (χ0v) is 22.6. The van der Waals surface area contributed by atoms with Crippen LogP contribution in [0.4, 0.5) is 0 Å². The van der Waals surface area contributed by atoms with Crippen LogP contribution in [0.2, 0.25) is 0 Å². The predicted molar refractivity (Wildman–Crippen MR) is 151 cm³/mol. The summed E-state index contributed by atoms with van der Waals surface area (Å²) in [5.74, 6) is 1.98. The lowest BCUT2D eigenvalue weighted by atomic mass is 10.1. The average Bonchev–Trinajstić information content (AvgIpc) is 3.20. The van der Waals surface area contributed by atoms with E-state index in [1.807, 2.05) is 39.0 Å². The first-order valence-corrected chi connectivity index (χ1v) is 12.5. The summed E-state index contributed by atoms with van der Waals surface area (Å²) in [6, 6.07) is 7.24. The number of carboxylic acid groups (broad SMARTS) is 1. The maximum absolute atomic E-state index is 13.3. The highest BCUT2D eigenvalue weighted by molar-refractivity contribution is 6.05. The zero-order valence-electron chi connectivity index (χ0n) is 22.6. The SMILES string of the molecule is C#C/C=C(\C)OCCOC/C=C\C(=C/CC)C(=O)n1c(C)cc2c(CC(=O)O)cccc21.C/C=C\CC. The quantitative estimate of drug-likeness (QED) is 0.0872. The van der Waals surface area contributed by atoms with Crippen molar-refractivity contribution in [1.82, 2.24) is 4.57 Å².